The first-order chi connectivity index (χ1) is 8.22. The predicted molar refractivity (Wildman–Crippen MR) is 66.4 cm³/mol. The Kier molecular flexibility index (Phi) is 5.51. The summed E-state index contributed by atoms with van der Waals surface area (Å²) in [7, 11) is 3.19. The highest BCUT2D eigenvalue weighted by molar-refractivity contribution is 7.94. The van der Waals surface area contributed by atoms with Crippen molar-refractivity contribution in [1.29, 1.82) is 0 Å². The molecule has 5 nitrogen and oxygen atoms in total. The molecule has 0 spiro atoms. The van der Waals surface area contributed by atoms with Crippen LogP contribution in [0.5, 0.6) is 5.75 Å². The lowest BCUT2D eigenvalue weighted by molar-refractivity contribution is -0.129. The first-order valence-corrected chi connectivity index (χ1v) is 5.56. The average molecular weight is 254 g/mol. The van der Waals surface area contributed by atoms with Crippen molar-refractivity contribution < 1.29 is 14.0 Å². The first-order valence-electron chi connectivity index (χ1n) is 4.82. The molecule has 0 saturated heterocycles. The molecule has 1 rings (SSSR count). The molecule has 92 valence electrons. The van der Waals surface area contributed by atoms with E-state index in [0.29, 0.717) is 11.4 Å². The van der Waals surface area contributed by atoms with Crippen LogP contribution >= 0.6 is 12.0 Å². The molecule has 0 heterocycles. The SMILES string of the molecule is C=COOSc1cc(OC)c(N=NC)cc1C. The molecule has 0 saturated carbocycles. The number of nitrogens with zero attached hydrogens (tertiary/aromatic N) is 2. The summed E-state index contributed by atoms with van der Waals surface area (Å²) in [5, 5.41) is 7.71. The monoisotopic (exact) mass is 254 g/mol. The van der Waals surface area contributed by atoms with Gasteiger partial charge in [0.2, 0.25) is 0 Å². The number of aryl methyl sites for hydroxylation is 1. The Balaban J connectivity index is 2.95. The van der Waals surface area contributed by atoms with Crippen molar-refractivity contribution >= 4 is 17.7 Å². The summed E-state index contributed by atoms with van der Waals surface area (Å²) in [5.41, 5.74) is 1.67. The molecule has 0 radical (unpaired) electrons. The first kappa shape index (κ1) is 13.5. The molecule has 0 atom stereocenters. The van der Waals surface area contributed by atoms with Crippen molar-refractivity contribution in [2.45, 2.75) is 11.8 Å². The maximum absolute atomic E-state index is 5.22. The minimum atomic E-state index is 0.630. The highest BCUT2D eigenvalue weighted by atomic mass is 32.2. The van der Waals surface area contributed by atoms with Crippen LogP contribution in [0.4, 0.5) is 5.69 Å². The molecule has 17 heavy (non-hydrogen) atoms. The largest absolute Gasteiger partial charge is 0.494 e. The van der Waals surface area contributed by atoms with E-state index in [9.17, 15) is 0 Å². The lowest BCUT2D eigenvalue weighted by Crippen LogP contribution is -1.88. The van der Waals surface area contributed by atoms with E-state index in [1.807, 2.05) is 19.1 Å². The molecule has 0 aromatic heterocycles. The zero-order valence-corrected chi connectivity index (χ0v) is 10.8. The highest BCUT2D eigenvalue weighted by Gasteiger charge is 2.09. The molecule has 0 amide bonds. The lowest BCUT2D eigenvalue weighted by Gasteiger charge is -2.08. The number of ether oxygens (including phenoxy) is 1. The van der Waals surface area contributed by atoms with Gasteiger partial charge in [0, 0.05) is 11.9 Å². The maximum atomic E-state index is 5.22. The van der Waals surface area contributed by atoms with Crippen LogP contribution in [0.2, 0.25) is 0 Å². The number of benzene rings is 1. The summed E-state index contributed by atoms with van der Waals surface area (Å²) in [6.07, 6.45) is 1.21. The van der Waals surface area contributed by atoms with E-state index in [1.54, 1.807) is 14.2 Å². The van der Waals surface area contributed by atoms with Crippen LogP contribution < -0.4 is 4.74 Å². The molecular weight excluding hydrogens is 240 g/mol. The van der Waals surface area contributed by atoms with Crippen molar-refractivity contribution in [1.82, 2.24) is 0 Å². The van der Waals surface area contributed by atoms with Crippen molar-refractivity contribution in [3.63, 3.8) is 0 Å². The summed E-state index contributed by atoms with van der Waals surface area (Å²) in [6.45, 7) is 5.31. The third kappa shape index (κ3) is 3.76. The van der Waals surface area contributed by atoms with E-state index < -0.39 is 0 Å². The third-order valence-electron chi connectivity index (χ3n) is 1.92. The highest BCUT2D eigenvalue weighted by Crippen LogP contribution is 2.35. The zero-order valence-electron chi connectivity index (χ0n) is 9.97. The molecule has 0 bridgehead atoms. The molecule has 0 aliphatic heterocycles. The van der Waals surface area contributed by atoms with Gasteiger partial charge < -0.3 is 9.62 Å². The normalized spacial score (nSPS) is 10.5. The molecule has 0 aliphatic carbocycles. The number of azo groups is 1. The van der Waals surface area contributed by atoms with Gasteiger partial charge in [0.05, 0.1) is 19.2 Å². The minimum absolute atomic E-state index is 0.630. The number of methoxy groups -OCH3 is 1. The van der Waals surface area contributed by atoms with Gasteiger partial charge in [-0.25, -0.2) is 0 Å². The van der Waals surface area contributed by atoms with E-state index in [0.717, 1.165) is 22.5 Å². The van der Waals surface area contributed by atoms with Crippen LogP contribution in [0.15, 0.2) is 40.1 Å². The van der Waals surface area contributed by atoms with Crippen molar-refractivity contribution in [2.24, 2.45) is 10.2 Å². The fourth-order valence-electron chi connectivity index (χ4n) is 1.18. The molecule has 0 fully saturated rings. The van der Waals surface area contributed by atoms with Crippen LogP contribution in [-0.2, 0) is 9.22 Å². The third-order valence-corrected chi connectivity index (χ3v) is 2.68. The van der Waals surface area contributed by atoms with Gasteiger partial charge in [-0.1, -0.05) is 6.58 Å². The Hall–Kier alpha value is -1.53. The van der Waals surface area contributed by atoms with E-state index >= 15 is 0 Å². The summed E-state index contributed by atoms with van der Waals surface area (Å²) < 4.78 is 10.1. The second kappa shape index (κ2) is 6.93. The Bertz CT molecular complexity index is 421. The van der Waals surface area contributed by atoms with Gasteiger partial charge in [0.15, 0.2) is 0 Å². The zero-order chi connectivity index (χ0) is 12.7. The topological polar surface area (TPSA) is 52.4 Å². The summed E-state index contributed by atoms with van der Waals surface area (Å²) in [4.78, 5) is 5.46. The summed E-state index contributed by atoms with van der Waals surface area (Å²) >= 11 is 1.08. The molecular formula is C11H14N2O3S. The van der Waals surface area contributed by atoms with Gasteiger partial charge in [-0.05, 0) is 24.6 Å². The second-order valence-electron chi connectivity index (χ2n) is 3.00. The fraction of sp³-hybridized carbons (Fsp3) is 0.273. The van der Waals surface area contributed by atoms with Crippen LogP contribution in [0.3, 0.4) is 0 Å². The molecule has 0 N–H and O–H groups in total. The number of hydrogen-bond acceptors (Lipinski definition) is 6. The Morgan fingerprint density at radius 2 is 2.18 bits per heavy atom. The predicted octanol–water partition coefficient (Wildman–Crippen LogP) is 3.82. The van der Waals surface area contributed by atoms with Crippen LogP contribution in [0.25, 0.3) is 0 Å². The molecule has 0 unspecified atom stereocenters. The van der Waals surface area contributed by atoms with Crippen molar-refractivity contribution in [3.05, 3.63) is 30.5 Å². The van der Waals surface area contributed by atoms with Gasteiger partial charge in [0.25, 0.3) is 0 Å². The quantitative estimate of drug-likeness (QED) is 0.193. The van der Waals surface area contributed by atoms with Gasteiger partial charge >= 0.3 is 0 Å². The van der Waals surface area contributed by atoms with Crippen LogP contribution in [-0.4, -0.2) is 14.2 Å². The van der Waals surface area contributed by atoms with Gasteiger partial charge in [-0.3, -0.25) is 0 Å². The Morgan fingerprint density at radius 3 is 2.76 bits per heavy atom. The molecule has 1 aromatic rings. The van der Waals surface area contributed by atoms with Crippen LogP contribution in [0, 0.1) is 6.92 Å². The molecule has 6 heteroatoms. The Morgan fingerprint density at radius 1 is 1.41 bits per heavy atom. The maximum Gasteiger partial charge on any atom is 0.147 e. The van der Waals surface area contributed by atoms with E-state index in [-0.39, 0.29) is 0 Å². The van der Waals surface area contributed by atoms with Gasteiger partial charge in [0.1, 0.15) is 17.7 Å². The number of rotatable bonds is 6. The second-order valence-corrected chi connectivity index (χ2v) is 3.75. The van der Waals surface area contributed by atoms with Gasteiger partial charge in [-0.15, -0.1) is 4.33 Å². The number of hydrogen-bond donors (Lipinski definition) is 0. The van der Waals surface area contributed by atoms with E-state index in [2.05, 4.69) is 21.7 Å². The molecule has 1 aromatic carbocycles. The molecule has 0 aliphatic rings. The summed E-state index contributed by atoms with van der Waals surface area (Å²) in [5.74, 6) is 0.630. The van der Waals surface area contributed by atoms with E-state index in [1.165, 1.54) is 6.26 Å². The Labute approximate surface area is 105 Å². The summed E-state index contributed by atoms with van der Waals surface area (Å²) in [6, 6.07) is 3.68. The van der Waals surface area contributed by atoms with Crippen LogP contribution in [0.1, 0.15) is 5.56 Å². The minimum Gasteiger partial charge on any atom is -0.494 e. The lowest BCUT2D eigenvalue weighted by atomic mass is 10.2. The van der Waals surface area contributed by atoms with Crippen molar-refractivity contribution in [2.75, 3.05) is 14.2 Å². The van der Waals surface area contributed by atoms with E-state index in [4.69, 9.17) is 9.07 Å². The smallest absolute Gasteiger partial charge is 0.147 e. The van der Waals surface area contributed by atoms with Gasteiger partial charge in [-0.2, -0.15) is 10.2 Å². The average Bonchev–Trinajstić information content (AvgIpc) is 2.32. The van der Waals surface area contributed by atoms with Crippen molar-refractivity contribution in [3.8, 4) is 5.75 Å². The standard InChI is InChI=1S/C11H14N2O3S/c1-5-15-16-17-11-7-10(14-4)9(13-12-3)6-8(11)2/h5-7H,1H2,2-4H3. The fourth-order valence-corrected chi connectivity index (χ4v) is 1.69.